The zero-order valence-corrected chi connectivity index (χ0v) is 9.31. The van der Waals surface area contributed by atoms with E-state index >= 15 is 0 Å². The zero-order valence-electron chi connectivity index (χ0n) is 9.31. The number of fused-ring (bicyclic) bond motifs is 1. The van der Waals surface area contributed by atoms with Crippen LogP contribution in [0.3, 0.4) is 0 Å². The van der Waals surface area contributed by atoms with Gasteiger partial charge in [0.2, 0.25) is 0 Å². The molecule has 0 N–H and O–H groups in total. The summed E-state index contributed by atoms with van der Waals surface area (Å²) in [4.78, 5) is 11.9. The fourth-order valence-electron chi connectivity index (χ4n) is 1.54. The zero-order chi connectivity index (χ0) is 13.3. The molecule has 0 amide bonds. The van der Waals surface area contributed by atoms with Crippen LogP contribution in [0.1, 0.15) is 0 Å². The molecule has 0 aliphatic heterocycles. The van der Waals surface area contributed by atoms with E-state index in [0.717, 1.165) is 4.68 Å². The van der Waals surface area contributed by atoms with Gasteiger partial charge in [0.1, 0.15) is 0 Å². The molecule has 0 fully saturated rings. The van der Waals surface area contributed by atoms with Gasteiger partial charge in [0, 0.05) is 11.9 Å². The van der Waals surface area contributed by atoms with E-state index in [1.165, 1.54) is 6.20 Å². The topological polar surface area (TPSA) is 34.9 Å². The lowest BCUT2D eigenvalue weighted by Gasteiger charge is -2.18. The third-order valence-electron chi connectivity index (χ3n) is 2.58. The summed E-state index contributed by atoms with van der Waals surface area (Å²) in [6.45, 7) is -2.84. The van der Waals surface area contributed by atoms with Gasteiger partial charge >= 0.3 is 6.98 Å². The second-order valence-corrected chi connectivity index (χ2v) is 3.93. The lowest BCUT2D eigenvalue weighted by atomic mass is 9.80. The summed E-state index contributed by atoms with van der Waals surface area (Å²) in [6, 6.07) is 6.61. The average Bonchev–Trinajstić information content (AvgIpc) is 2.32. The van der Waals surface area contributed by atoms with E-state index in [9.17, 15) is 17.7 Å². The van der Waals surface area contributed by atoms with Gasteiger partial charge in [-0.05, 0) is 6.07 Å². The van der Waals surface area contributed by atoms with Crippen molar-refractivity contribution in [3.8, 4) is 0 Å². The molecule has 0 saturated carbocycles. The Morgan fingerprint density at radius 3 is 2.67 bits per heavy atom. The van der Waals surface area contributed by atoms with Crippen LogP contribution in [0.4, 0.5) is 12.9 Å². The van der Waals surface area contributed by atoms with Crippen LogP contribution in [0, 0.1) is 0 Å². The number of rotatable bonds is 3. The predicted molar refractivity (Wildman–Crippen MR) is 64.2 cm³/mol. The van der Waals surface area contributed by atoms with E-state index in [2.05, 4.69) is 11.7 Å². The molecule has 2 aromatic rings. The largest absolute Gasteiger partial charge is 0.506 e. The summed E-state index contributed by atoms with van der Waals surface area (Å²) >= 11 is 0. The molecule has 2 rings (SSSR count). The summed E-state index contributed by atoms with van der Waals surface area (Å²) in [5.41, 5.74) is -1.49. The van der Waals surface area contributed by atoms with Gasteiger partial charge in [-0.1, -0.05) is 18.2 Å². The summed E-state index contributed by atoms with van der Waals surface area (Å²) < 4.78 is 38.0. The molecule has 94 valence electrons. The highest BCUT2D eigenvalue weighted by molar-refractivity contribution is 6.66. The molecule has 0 spiro atoms. The first-order chi connectivity index (χ1) is 8.39. The molecule has 1 heterocycles. The highest BCUT2D eigenvalue weighted by atomic mass is 19.4. The number of hydrogen-bond acceptors (Lipinski definition) is 2. The first-order valence-corrected chi connectivity index (χ1v) is 5.22. The number of benzene rings is 1. The number of allylic oxidation sites excluding steroid dienone is 1. The Balaban J connectivity index is 2.45. The van der Waals surface area contributed by atoms with Gasteiger partial charge in [-0.15, -0.1) is 12.1 Å². The van der Waals surface area contributed by atoms with E-state index in [-0.39, 0.29) is 0 Å². The van der Waals surface area contributed by atoms with Crippen molar-refractivity contribution in [3.63, 3.8) is 0 Å². The Bertz CT molecular complexity index is 663. The van der Waals surface area contributed by atoms with Crippen molar-refractivity contribution in [1.82, 2.24) is 9.78 Å². The Labute approximate surface area is 101 Å². The second-order valence-electron chi connectivity index (χ2n) is 3.93. The van der Waals surface area contributed by atoms with Crippen LogP contribution in [0.5, 0.6) is 0 Å². The van der Waals surface area contributed by atoms with Crippen molar-refractivity contribution < 1.29 is 12.9 Å². The molecule has 1 aromatic heterocycles. The van der Waals surface area contributed by atoms with Gasteiger partial charge in [-0.3, -0.25) is 4.79 Å². The minimum atomic E-state index is -5.15. The molecule has 3 nitrogen and oxygen atoms in total. The third-order valence-corrected chi connectivity index (χ3v) is 2.58. The third kappa shape index (κ3) is 2.29. The molecule has 0 aliphatic rings. The molecule has 0 aliphatic carbocycles. The fourth-order valence-corrected chi connectivity index (χ4v) is 1.54. The number of hydrogen-bond donors (Lipinski definition) is 0. The molecule has 0 radical (unpaired) electrons. The highest BCUT2D eigenvalue weighted by Crippen LogP contribution is 2.19. The van der Waals surface area contributed by atoms with Crippen molar-refractivity contribution in [3.05, 3.63) is 52.9 Å². The van der Waals surface area contributed by atoms with Gasteiger partial charge in [0.15, 0.2) is 0 Å². The fraction of sp³-hybridized carbons (Fsp3) is 0.0909. The van der Waals surface area contributed by atoms with Gasteiger partial charge in [0.05, 0.1) is 11.6 Å². The van der Waals surface area contributed by atoms with Gasteiger partial charge in [-0.25, -0.2) is 4.68 Å². The first kappa shape index (κ1) is 12.4. The molecule has 18 heavy (non-hydrogen) atoms. The smallest absolute Gasteiger partial charge is 0.445 e. The molecule has 0 atom stereocenters. The van der Waals surface area contributed by atoms with Crippen LogP contribution in [0.2, 0.25) is 0 Å². The second kappa shape index (κ2) is 4.32. The summed E-state index contributed by atoms with van der Waals surface area (Å²) in [5.74, 6) is 0. The standard InChI is InChI=1S/C11H9BF3N2O/c1-8(12(13,14)15)7-17-11(18)10-5-3-2-4-9(10)6-16-17/h2-6H,1,7H2/q-1. The van der Waals surface area contributed by atoms with Crippen molar-refractivity contribution in [2.45, 2.75) is 6.54 Å². The maximum Gasteiger partial charge on any atom is 0.506 e. The van der Waals surface area contributed by atoms with Crippen LogP contribution in [0.25, 0.3) is 10.8 Å². The predicted octanol–water partition coefficient (Wildman–Crippen LogP) is 2.34. The lowest BCUT2D eigenvalue weighted by Crippen LogP contribution is -2.29. The van der Waals surface area contributed by atoms with Gasteiger partial charge in [-0.2, -0.15) is 5.10 Å². The molecule has 1 aromatic carbocycles. The van der Waals surface area contributed by atoms with Crippen LogP contribution in [-0.4, -0.2) is 16.8 Å². The molecule has 0 bridgehead atoms. The normalized spacial score (nSPS) is 11.7. The van der Waals surface area contributed by atoms with E-state index in [1.807, 2.05) is 0 Å². The maximum atomic E-state index is 12.4. The number of nitrogens with zero attached hydrogens (tertiary/aromatic N) is 2. The van der Waals surface area contributed by atoms with Crippen molar-refractivity contribution in [1.29, 1.82) is 0 Å². The summed E-state index contributed by atoms with van der Waals surface area (Å²) in [6.07, 6.45) is 1.37. The van der Waals surface area contributed by atoms with Crippen LogP contribution in [-0.2, 0) is 6.54 Å². The number of halogens is 3. The molecule has 0 saturated heterocycles. The molecular formula is C11H9BF3N2O-. The monoisotopic (exact) mass is 253 g/mol. The first-order valence-electron chi connectivity index (χ1n) is 5.22. The Morgan fingerprint density at radius 2 is 2.00 bits per heavy atom. The highest BCUT2D eigenvalue weighted by Gasteiger charge is 2.27. The Morgan fingerprint density at radius 1 is 1.33 bits per heavy atom. The van der Waals surface area contributed by atoms with Crippen molar-refractivity contribution >= 4 is 17.7 Å². The molecule has 7 heteroatoms. The Kier molecular flexibility index (Phi) is 2.98. The van der Waals surface area contributed by atoms with Crippen LogP contribution >= 0.6 is 0 Å². The maximum absolute atomic E-state index is 12.4. The van der Waals surface area contributed by atoms with Crippen LogP contribution < -0.4 is 5.56 Å². The van der Waals surface area contributed by atoms with E-state index in [4.69, 9.17) is 0 Å². The number of aromatic nitrogens is 2. The molecular weight excluding hydrogens is 244 g/mol. The van der Waals surface area contributed by atoms with Crippen LogP contribution in [0.15, 0.2) is 47.3 Å². The SMILES string of the molecule is C=C(Cn1ncc2ccccc2c1=O)[B-](F)(F)F. The average molecular weight is 253 g/mol. The van der Waals surface area contributed by atoms with E-state index in [1.54, 1.807) is 24.3 Å². The van der Waals surface area contributed by atoms with E-state index < -0.39 is 24.6 Å². The quantitative estimate of drug-likeness (QED) is 0.787. The van der Waals surface area contributed by atoms with Gasteiger partial charge in [0.25, 0.3) is 5.56 Å². The van der Waals surface area contributed by atoms with Crippen molar-refractivity contribution in [2.75, 3.05) is 0 Å². The van der Waals surface area contributed by atoms with Crippen molar-refractivity contribution in [2.24, 2.45) is 0 Å². The summed E-state index contributed by atoms with van der Waals surface area (Å²) in [7, 11) is 0. The van der Waals surface area contributed by atoms with Gasteiger partial charge < -0.3 is 12.9 Å². The minimum absolute atomic E-state index is 0.343. The molecule has 0 unspecified atom stereocenters. The van der Waals surface area contributed by atoms with E-state index in [0.29, 0.717) is 10.8 Å². The Hall–Kier alpha value is -2.05. The summed E-state index contributed by atoms with van der Waals surface area (Å²) in [5, 5.41) is 4.65. The minimum Gasteiger partial charge on any atom is -0.445 e. The lowest BCUT2D eigenvalue weighted by molar-refractivity contribution is 0.477.